The van der Waals surface area contributed by atoms with E-state index < -0.39 is 0 Å². The lowest BCUT2D eigenvalue weighted by Crippen LogP contribution is -2.33. The van der Waals surface area contributed by atoms with Crippen LogP contribution in [0, 0.1) is 0 Å². The van der Waals surface area contributed by atoms with Gasteiger partial charge in [-0.25, -0.2) is 4.98 Å². The molecule has 1 rings (SSSR count). The summed E-state index contributed by atoms with van der Waals surface area (Å²) in [6, 6.07) is 3.26. The summed E-state index contributed by atoms with van der Waals surface area (Å²) in [6.07, 6.45) is 1.55. The van der Waals surface area contributed by atoms with Gasteiger partial charge in [-0.2, -0.15) is 0 Å². The van der Waals surface area contributed by atoms with Crippen LogP contribution in [0.25, 0.3) is 0 Å². The van der Waals surface area contributed by atoms with Crippen molar-refractivity contribution in [3.8, 4) is 0 Å². The minimum atomic E-state index is -0.187. The van der Waals surface area contributed by atoms with Gasteiger partial charge in [0.2, 0.25) is 5.91 Å². The van der Waals surface area contributed by atoms with Crippen LogP contribution in [0.5, 0.6) is 0 Å². The molecule has 0 unspecified atom stereocenters. The third kappa shape index (κ3) is 4.39. The van der Waals surface area contributed by atoms with Crippen molar-refractivity contribution in [3.63, 3.8) is 0 Å². The van der Waals surface area contributed by atoms with E-state index in [2.05, 4.69) is 31.5 Å². The van der Waals surface area contributed by atoms with Crippen molar-refractivity contribution in [2.75, 3.05) is 13.1 Å². The maximum atomic E-state index is 11.6. The van der Waals surface area contributed by atoms with E-state index in [-0.39, 0.29) is 11.8 Å². The van der Waals surface area contributed by atoms with Crippen molar-refractivity contribution in [2.45, 2.75) is 6.92 Å². The Balaban J connectivity index is 2.38. The average molecular weight is 286 g/mol. The molecular weight excluding hydrogens is 274 g/mol. The fourth-order valence-corrected chi connectivity index (χ4v) is 1.43. The molecule has 1 aromatic rings. The molecule has 1 aromatic heterocycles. The maximum absolute atomic E-state index is 11.6. The molecule has 0 aliphatic carbocycles. The Labute approximate surface area is 102 Å². The first-order chi connectivity index (χ1) is 7.59. The van der Waals surface area contributed by atoms with Gasteiger partial charge in [0, 0.05) is 31.8 Å². The quantitative estimate of drug-likeness (QED) is 0.632. The second-order valence-electron chi connectivity index (χ2n) is 3.11. The summed E-state index contributed by atoms with van der Waals surface area (Å²) in [5.74, 6) is -0.297. The highest BCUT2D eigenvalue weighted by Crippen LogP contribution is 2.07. The molecule has 1 heterocycles. The molecule has 0 aliphatic heterocycles. The smallest absolute Gasteiger partial charge is 0.251 e. The van der Waals surface area contributed by atoms with Gasteiger partial charge in [-0.05, 0) is 28.1 Å². The highest BCUT2D eigenvalue weighted by atomic mass is 79.9. The van der Waals surface area contributed by atoms with Crippen molar-refractivity contribution in [1.29, 1.82) is 0 Å². The Kier molecular flexibility index (Phi) is 4.91. The molecule has 86 valence electrons. The fourth-order valence-electron chi connectivity index (χ4n) is 1.06. The monoisotopic (exact) mass is 285 g/mol. The molecule has 6 heteroatoms. The first-order valence-corrected chi connectivity index (χ1v) is 5.53. The van der Waals surface area contributed by atoms with E-state index in [9.17, 15) is 9.59 Å². The molecule has 0 aliphatic rings. The maximum Gasteiger partial charge on any atom is 0.251 e. The van der Waals surface area contributed by atoms with Gasteiger partial charge >= 0.3 is 0 Å². The van der Waals surface area contributed by atoms with Gasteiger partial charge in [-0.1, -0.05) is 0 Å². The summed E-state index contributed by atoms with van der Waals surface area (Å²) in [4.78, 5) is 26.1. The summed E-state index contributed by atoms with van der Waals surface area (Å²) in [5, 5.41) is 5.27. The predicted octanol–water partition coefficient (Wildman–Crippen LogP) is 0.710. The first kappa shape index (κ1) is 12.6. The number of hydrogen-bond acceptors (Lipinski definition) is 3. The Morgan fingerprint density at radius 1 is 1.38 bits per heavy atom. The van der Waals surface area contributed by atoms with Crippen molar-refractivity contribution >= 4 is 27.7 Å². The standard InChI is InChI=1S/C10H12BrN3O2/c1-7(15)12-4-5-14-10(16)8-2-3-13-9(11)6-8/h2-3,6H,4-5H2,1H3,(H,12,15)(H,14,16). The minimum absolute atomic E-state index is 0.110. The van der Waals surface area contributed by atoms with E-state index in [4.69, 9.17) is 0 Å². The topological polar surface area (TPSA) is 71.1 Å². The average Bonchev–Trinajstić information content (AvgIpc) is 2.24. The van der Waals surface area contributed by atoms with Crippen LogP contribution < -0.4 is 10.6 Å². The van der Waals surface area contributed by atoms with Crippen LogP contribution in [0.1, 0.15) is 17.3 Å². The van der Waals surface area contributed by atoms with Gasteiger partial charge in [-0.15, -0.1) is 0 Å². The van der Waals surface area contributed by atoms with Crippen LogP contribution in [-0.2, 0) is 4.79 Å². The summed E-state index contributed by atoms with van der Waals surface area (Å²) in [7, 11) is 0. The number of rotatable bonds is 4. The van der Waals surface area contributed by atoms with Crippen molar-refractivity contribution < 1.29 is 9.59 Å². The van der Waals surface area contributed by atoms with Crippen LogP contribution in [0.2, 0.25) is 0 Å². The molecule has 0 fully saturated rings. The lowest BCUT2D eigenvalue weighted by Gasteiger charge is -2.05. The molecule has 0 radical (unpaired) electrons. The third-order valence-corrected chi connectivity index (χ3v) is 2.21. The van der Waals surface area contributed by atoms with E-state index in [1.54, 1.807) is 18.3 Å². The summed E-state index contributed by atoms with van der Waals surface area (Å²) < 4.78 is 0.613. The number of amides is 2. The van der Waals surface area contributed by atoms with Crippen molar-refractivity contribution in [2.24, 2.45) is 0 Å². The van der Waals surface area contributed by atoms with Crippen LogP contribution in [0.15, 0.2) is 22.9 Å². The zero-order chi connectivity index (χ0) is 12.0. The zero-order valence-electron chi connectivity index (χ0n) is 8.79. The minimum Gasteiger partial charge on any atom is -0.355 e. The normalized spacial score (nSPS) is 9.62. The molecule has 2 N–H and O–H groups in total. The number of halogens is 1. The number of nitrogens with one attached hydrogen (secondary N) is 2. The number of nitrogens with zero attached hydrogens (tertiary/aromatic N) is 1. The zero-order valence-corrected chi connectivity index (χ0v) is 10.4. The first-order valence-electron chi connectivity index (χ1n) is 4.74. The number of pyridine rings is 1. The summed E-state index contributed by atoms with van der Waals surface area (Å²) in [6.45, 7) is 2.26. The predicted molar refractivity (Wildman–Crippen MR) is 63.0 cm³/mol. The molecule has 5 nitrogen and oxygen atoms in total. The fraction of sp³-hybridized carbons (Fsp3) is 0.300. The third-order valence-electron chi connectivity index (χ3n) is 1.77. The molecular formula is C10H12BrN3O2. The lowest BCUT2D eigenvalue weighted by atomic mass is 10.2. The highest BCUT2D eigenvalue weighted by molar-refractivity contribution is 9.10. The molecule has 0 atom stereocenters. The van der Waals surface area contributed by atoms with Gasteiger partial charge in [-0.3, -0.25) is 9.59 Å². The Hall–Kier alpha value is -1.43. The van der Waals surface area contributed by atoms with Crippen molar-refractivity contribution in [3.05, 3.63) is 28.5 Å². The molecule has 16 heavy (non-hydrogen) atoms. The molecule has 0 saturated carbocycles. The molecule has 0 saturated heterocycles. The number of aromatic nitrogens is 1. The van der Waals surface area contributed by atoms with Gasteiger partial charge in [0.05, 0.1) is 0 Å². The van der Waals surface area contributed by atoms with Crippen LogP contribution in [0.4, 0.5) is 0 Å². The van der Waals surface area contributed by atoms with Crippen LogP contribution in [0.3, 0.4) is 0 Å². The van der Waals surface area contributed by atoms with E-state index >= 15 is 0 Å². The second-order valence-corrected chi connectivity index (χ2v) is 3.92. The molecule has 2 amide bonds. The van der Waals surface area contributed by atoms with E-state index in [1.807, 2.05) is 0 Å². The van der Waals surface area contributed by atoms with E-state index in [0.29, 0.717) is 23.3 Å². The molecule has 0 aromatic carbocycles. The summed E-state index contributed by atoms with van der Waals surface area (Å²) in [5.41, 5.74) is 0.532. The van der Waals surface area contributed by atoms with Crippen molar-refractivity contribution in [1.82, 2.24) is 15.6 Å². The van der Waals surface area contributed by atoms with Crippen LogP contribution >= 0.6 is 15.9 Å². The molecule has 0 bridgehead atoms. The lowest BCUT2D eigenvalue weighted by molar-refractivity contribution is -0.118. The highest BCUT2D eigenvalue weighted by Gasteiger charge is 2.04. The van der Waals surface area contributed by atoms with Gasteiger partial charge in [0.25, 0.3) is 5.91 Å². The van der Waals surface area contributed by atoms with E-state index in [1.165, 1.54) is 6.92 Å². The Bertz CT molecular complexity index is 395. The largest absolute Gasteiger partial charge is 0.355 e. The van der Waals surface area contributed by atoms with Gasteiger partial charge in [0.1, 0.15) is 4.60 Å². The second kappa shape index (κ2) is 6.22. The van der Waals surface area contributed by atoms with Gasteiger partial charge < -0.3 is 10.6 Å². The SMILES string of the molecule is CC(=O)NCCNC(=O)c1ccnc(Br)c1. The Morgan fingerprint density at radius 2 is 2.06 bits per heavy atom. The van der Waals surface area contributed by atoms with Crippen LogP contribution in [-0.4, -0.2) is 29.9 Å². The van der Waals surface area contributed by atoms with Gasteiger partial charge in [0.15, 0.2) is 0 Å². The van der Waals surface area contributed by atoms with E-state index in [0.717, 1.165) is 0 Å². The number of carbonyl (C=O) groups excluding carboxylic acids is 2. The number of carbonyl (C=O) groups is 2. The summed E-state index contributed by atoms with van der Waals surface area (Å²) >= 11 is 3.18. The Morgan fingerprint density at radius 3 is 2.69 bits per heavy atom. The number of hydrogen-bond donors (Lipinski definition) is 2. The molecule has 0 spiro atoms.